The summed E-state index contributed by atoms with van der Waals surface area (Å²) in [6.07, 6.45) is 1.64. The van der Waals surface area contributed by atoms with Gasteiger partial charge in [0.15, 0.2) is 4.80 Å². The zero-order valence-electron chi connectivity index (χ0n) is 22.1. The number of ether oxygens (including phenoxy) is 1. The lowest BCUT2D eigenvalue weighted by atomic mass is 9.91. The van der Waals surface area contributed by atoms with Crippen molar-refractivity contribution in [3.63, 3.8) is 0 Å². The van der Waals surface area contributed by atoms with Gasteiger partial charge >= 0.3 is 5.97 Å². The fourth-order valence-electron chi connectivity index (χ4n) is 5.04. The van der Waals surface area contributed by atoms with Crippen molar-refractivity contribution < 1.29 is 18.9 Å². The van der Waals surface area contributed by atoms with Gasteiger partial charge in [0, 0.05) is 23.8 Å². The largest absolute Gasteiger partial charge is 0.463 e. The number of thiazole rings is 1. The molecule has 0 saturated heterocycles. The molecule has 0 aliphatic carbocycles. The molecule has 0 N–H and O–H groups in total. The fourth-order valence-corrected chi connectivity index (χ4v) is 6.06. The summed E-state index contributed by atoms with van der Waals surface area (Å²) in [5.41, 5.74) is 1.95. The monoisotopic (exact) mass is 565 g/mol. The normalized spacial score (nSPS) is 15.1. The predicted molar refractivity (Wildman–Crippen MR) is 155 cm³/mol. The Kier molecular flexibility index (Phi) is 6.68. The molecule has 204 valence electrons. The number of rotatable bonds is 6. The molecule has 1 aliphatic rings. The maximum atomic E-state index is 14.0. The van der Waals surface area contributed by atoms with Crippen molar-refractivity contribution in [2.24, 2.45) is 4.99 Å². The molecule has 0 fully saturated rings. The van der Waals surface area contributed by atoms with E-state index >= 15 is 0 Å². The van der Waals surface area contributed by atoms with E-state index in [4.69, 9.17) is 9.15 Å². The number of nitrogens with zero attached hydrogens (tertiary/aromatic N) is 3. The van der Waals surface area contributed by atoms with Crippen LogP contribution in [0.25, 0.3) is 28.2 Å². The van der Waals surface area contributed by atoms with Crippen molar-refractivity contribution in [2.45, 2.75) is 19.9 Å². The molecule has 6 rings (SSSR count). The van der Waals surface area contributed by atoms with Gasteiger partial charge in [0.05, 0.1) is 33.4 Å². The maximum absolute atomic E-state index is 14.0. The van der Waals surface area contributed by atoms with E-state index in [0.717, 1.165) is 16.3 Å². The number of non-ortho nitro benzene ring substituents is 1. The second-order valence-electron chi connectivity index (χ2n) is 9.38. The summed E-state index contributed by atoms with van der Waals surface area (Å²) in [7, 11) is 0. The number of hydrogen-bond donors (Lipinski definition) is 0. The number of aromatic nitrogens is 1. The molecule has 41 heavy (non-hydrogen) atoms. The van der Waals surface area contributed by atoms with Crippen LogP contribution < -0.4 is 14.9 Å². The Morgan fingerprint density at radius 1 is 1.10 bits per heavy atom. The predicted octanol–water partition coefficient (Wildman–Crippen LogP) is 5.12. The number of hydrogen-bond acceptors (Lipinski definition) is 8. The molecular formula is C31H23N3O6S. The summed E-state index contributed by atoms with van der Waals surface area (Å²) in [4.78, 5) is 42.8. The van der Waals surface area contributed by atoms with Crippen LogP contribution in [0, 0.1) is 10.1 Å². The number of carbonyl (C=O) groups excluding carboxylic acids is 1. The van der Waals surface area contributed by atoms with Crippen LogP contribution in [0.1, 0.15) is 31.2 Å². The van der Waals surface area contributed by atoms with Crippen LogP contribution in [0.2, 0.25) is 0 Å². The summed E-state index contributed by atoms with van der Waals surface area (Å²) < 4.78 is 13.3. The third-order valence-corrected chi connectivity index (χ3v) is 7.88. The number of furan rings is 1. The van der Waals surface area contributed by atoms with E-state index in [-0.39, 0.29) is 17.9 Å². The third-order valence-electron chi connectivity index (χ3n) is 6.90. The highest BCUT2D eigenvalue weighted by Crippen LogP contribution is 2.35. The molecule has 0 saturated carbocycles. The highest BCUT2D eigenvalue weighted by molar-refractivity contribution is 7.07. The lowest BCUT2D eigenvalue weighted by Crippen LogP contribution is -2.40. The van der Waals surface area contributed by atoms with E-state index in [2.05, 4.69) is 4.99 Å². The SMILES string of the molecule is CCOC(=O)C1=C(C)N=c2s/c(=C\c3ccc(-c4ccc([N+](=O)[O-])cc4)o3)c(=O)n2[C@H]1c1cccc2ccccc12. The summed E-state index contributed by atoms with van der Waals surface area (Å²) in [6.45, 7) is 3.69. The Labute approximate surface area is 237 Å². The zero-order valence-corrected chi connectivity index (χ0v) is 22.9. The van der Waals surface area contributed by atoms with Gasteiger partial charge in [-0.05, 0) is 54.4 Å². The van der Waals surface area contributed by atoms with Crippen LogP contribution in [0.15, 0.2) is 104 Å². The van der Waals surface area contributed by atoms with E-state index in [1.807, 2.05) is 42.5 Å². The van der Waals surface area contributed by atoms with Gasteiger partial charge in [0.2, 0.25) is 0 Å². The molecule has 5 aromatic rings. The highest BCUT2D eigenvalue weighted by Gasteiger charge is 2.34. The average Bonchev–Trinajstić information content (AvgIpc) is 3.56. The second-order valence-corrected chi connectivity index (χ2v) is 10.4. The molecule has 0 radical (unpaired) electrons. The first-order valence-electron chi connectivity index (χ1n) is 12.9. The van der Waals surface area contributed by atoms with Crippen molar-refractivity contribution in [3.8, 4) is 11.3 Å². The van der Waals surface area contributed by atoms with Crippen molar-refractivity contribution in [1.82, 2.24) is 4.57 Å². The Bertz CT molecular complexity index is 2040. The average molecular weight is 566 g/mol. The van der Waals surface area contributed by atoms with Crippen LogP contribution in [0.3, 0.4) is 0 Å². The Hall–Kier alpha value is -5.09. The molecule has 0 bridgehead atoms. The van der Waals surface area contributed by atoms with E-state index in [9.17, 15) is 19.7 Å². The van der Waals surface area contributed by atoms with E-state index in [0.29, 0.717) is 37.7 Å². The summed E-state index contributed by atoms with van der Waals surface area (Å²) in [5, 5.41) is 12.9. The van der Waals surface area contributed by atoms with Crippen molar-refractivity contribution in [1.29, 1.82) is 0 Å². The van der Waals surface area contributed by atoms with Gasteiger partial charge in [0.25, 0.3) is 11.2 Å². The maximum Gasteiger partial charge on any atom is 0.338 e. The Morgan fingerprint density at radius 2 is 1.85 bits per heavy atom. The molecule has 10 heteroatoms. The number of benzene rings is 3. The molecule has 0 amide bonds. The Morgan fingerprint density at radius 3 is 2.61 bits per heavy atom. The van der Waals surface area contributed by atoms with E-state index in [1.165, 1.54) is 23.5 Å². The van der Waals surface area contributed by atoms with Crippen LogP contribution in [-0.2, 0) is 9.53 Å². The summed E-state index contributed by atoms with van der Waals surface area (Å²) in [5.74, 6) is 0.430. The minimum absolute atomic E-state index is 0.0140. The van der Waals surface area contributed by atoms with Crippen molar-refractivity contribution in [2.75, 3.05) is 6.61 Å². The number of nitro groups is 1. The zero-order chi connectivity index (χ0) is 28.7. The van der Waals surface area contributed by atoms with E-state index in [1.54, 1.807) is 48.8 Å². The van der Waals surface area contributed by atoms with Crippen LogP contribution in [-0.4, -0.2) is 22.1 Å². The molecule has 3 heterocycles. The quantitative estimate of drug-likeness (QED) is 0.160. The minimum atomic E-state index is -0.731. The number of carbonyl (C=O) groups is 1. The van der Waals surface area contributed by atoms with Crippen LogP contribution in [0.5, 0.6) is 0 Å². The lowest BCUT2D eigenvalue weighted by Gasteiger charge is -2.25. The third kappa shape index (κ3) is 4.68. The molecule has 9 nitrogen and oxygen atoms in total. The lowest BCUT2D eigenvalue weighted by molar-refractivity contribution is -0.384. The number of fused-ring (bicyclic) bond motifs is 2. The van der Waals surface area contributed by atoms with Crippen LogP contribution in [0.4, 0.5) is 5.69 Å². The van der Waals surface area contributed by atoms with Gasteiger partial charge in [-0.3, -0.25) is 19.5 Å². The summed E-state index contributed by atoms with van der Waals surface area (Å²) >= 11 is 1.21. The molecule has 2 aromatic heterocycles. The summed E-state index contributed by atoms with van der Waals surface area (Å²) in [6, 6.07) is 22.4. The molecule has 0 unspecified atom stereocenters. The minimum Gasteiger partial charge on any atom is -0.463 e. The van der Waals surface area contributed by atoms with Gasteiger partial charge in [-0.1, -0.05) is 53.8 Å². The number of nitro benzene ring substituents is 1. The first-order valence-corrected chi connectivity index (χ1v) is 13.7. The van der Waals surface area contributed by atoms with Crippen molar-refractivity contribution in [3.05, 3.63) is 131 Å². The standard InChI is InChI=1S/C31H23N3O6S/c1-3-39-30(36)27-18(2)32-31-33(28(27)24-10-6-8-19-7-4-5-9-23(19)24)29(35)26(41-31)17-22-15-16-25(40-22)20-11-13-21(14-12-20)34(37)38/h4-17,28H,3H2,1-2H3/b26-17-/t28-/m0/s1. The van der Waals surface area contributed by atoms with Crippen molar-refractivity contribution >= 4 is 39.8 Å². The van der Waals surface area contributed by atoms with E-state index < -0.39 is 16.9 Å². The molecule has 3 aromatic carbocycles. The van der Waals surface area contributed by atoms with Gasteiger partial charge < -0.3 is 9.15 Å². The van der Waals surface area contributed by atoms with Gasteiger partial charge in [0.1, 0.15) is 11.5 Å². The number of esters is 1. The molecule has 0 spiro atoms. The Balaban J connectivity index is 1.49. The smallest absolute Gasteiger partial charge is 0.338 e. The van der Waals surface area contributed by atoms with Gasteiger partial charge in [-0.25, -0.2) is 9.79 Å². The second kappa shape index (κ2) is 10.5. The first kappa shape index (κ1) is 26.1. The molecule has 1 atom stereocenters. The number of allylic oxidation sites excluding steroid dienone is 1. The van der Waals surface area contributed by atoms with Gasteiger partial charge in [-0.2, -0.15) is 0 Å². The van der Waals surface area contributed by atoms with Gasteiger partial charge in [-0.15, -0.1) is 0 Å². The molecular weight excluding hydrogens is 542 g/mol. The highest BCUT2D eigenvalue weighted by atomic mass is 32.1. The fraction of sp³-hybridized carbons (Fsp3) is 0.129. The topological polar surface area (TPSA) is 117 Å². The molecule has 1 aliphatic heterocycles. The van der Waals surface area contributed by atoms with Crippen LogP contribution >= 0.6 is 11.3 Å². The first-order chi connectivity index (χ1) is 19.9.